The van der Waals surface area contributed by atoms with Crippen LogP contribution >= 0.6 is 0 Å². The molecule has 1 N–H and O–H groups in total. The van der Waals surface area contributed by atoms with Gasteiger partial charge in [0.15, 0.2) is 5.82 Å². The lowest BCUT2D eigenvalue weighted by molar-refractivity contribution is -0.111. The van der Waals surface area contributed by atoms with Crippen LogP contribution in [-0.4, -0.2) is 35.2 Å². The summed E-state index contributed by atoms with van der Waals surface area (Å²) < 4.78 is 4.08. The molecule has 2 heterocycles. The van der Waals surface area contributed by atoms with E-state index in [-0.39, 0.29) is 5.56 Å². The monoisotopic (exact) mass is 393 g/mol. The molecule has 0 atom stereocenters. The number of aromatic nitrogens is 6. The molecule has 0 radical (unpaired) electrons. The predicted octanol–water partition coefficient (Wildman–Crippen LogP) is 0.724. The Labute approximate surface area is 165 Å². The minimum absolute atomic E-state index is 0.238. The highest BCUT2D eigenvalue weighted by molar-refractivity contribution is 6.02. The fourth-order valence-corrected chi connectivity index (χ4v) is 2.98. The van der Waals surface area contributed by atoms with Crippen molar-refractivity contribution in [3.8, 4) is 11.4 Å². The molecule has 4 rings (SSSR count). The van der Waals surface area contributed by atoms with Crippen LogP contribution in [0.4, 0.5) is 5.69 Å². The average Bonchev–Trinajstić information content (AvgIpc) is 3.44. The minimum Gasteiger partial charge on any atom is -0.322 e. The summed E-state index contributed by atoms with van der Waals surface area (Å²) in [6.45, 7) is 0. The van der Waals surface area contributed by atoms with Gasteiger partial charge in [-0.15, -0.1) is 5.10 Å². The van der Waals surface area contributed by atoms with Gasteiger partial charge in [0.1, 0.15) is 0 Å². The Morgan fingerprint density at radius 2 is 2.03 bits per heavy atom. The van der Waals surface area contributed by atoms with Gasteiger partial charge in [-0.1, -0.05) is 12.1 Å². The highest BCUT2D eigenvalue weighted by atomic mass is 16.2. The van der Waals surface area contributed by atoms with E-state index in [4.69, 9.17) is 0 Å². The van der Waals surface area contributed by atoms with Gasteiger partial charge >= 0.3 is 5.69 Å². The van der Waals surface area contributed by atoms with Gasteiger partial charge in [0.2, 0.25) is 5.91 Å². The summed E-state index contributed by atoms with van der Waals surface area (Å²) in [6.07, 6.45) is 6.15. The number of nitrogens with zero attached hydrogens (tertiary/aromatic N) is 6. The smallest absolute Gasteiger partial charge is 0.322 e. The number of amides is 1. The standard InChI is InChI=1S/C19H19N7O3/c1-24-11-13(18(28)25(2)19(24)29)6-9-16(27)20-14-5-3-4-12(10-14)17-21-22-23-26(17)15-7-8-15/h3-6,9-11,15H,7-8H2,1-2H3,(H,20,27)/b9-6+. The summed E-state index contributed by atoms with van der Waals surface area (Å²) >= 11 is 0. The molecule has 0 aliphatic heterocycles. The summed E-state index contributed by atoms with van der Waals surface area (Å²) in [4.78, 5) is 36.1. The fourth-order valence-electron chi connectivity index (χ4n) is 2.98. The molecule has 1 aliphatic rings. The minimum atomic E-state index is -0.467. The number of hydrogen-bond donors (Lipinski definition) is 1. The second-order valence-electron chi connectivity index (χ2n) is 6.92. The fraction of sp³-hybridized carbons (Fsp3) is 0.263. The van der Waals surface area contributed by atoms with Gasteiger partial charge in [-0.25, -0.2) is 9.48 Å². The molecule has 10 nitrogen and oxygen atoms in total. The number of aryl methyl sites for hydroxylation is 1. The lowest BCUT2D eigenvalue weighted by Gasteiger charge is -2.06. The summed E-state index contributed by atoms with van der Waals surface area (Å²) in [5.41, 5.74) is 0.724. The van der Waals surface area contributed by atoms with Gasteiger partial charge in [-0.3, -0.25) is 14.2 Å². The Hall–Kier alpha value is -3.82. The maximum Gasteiger partial charge on any atom is 0.330 e. The van der Waals surface area contributed by atoms with E-state index in [1.54, 1.807) is 23.9 Å². The average molecular weight is 393 g/mol. The topological polar surface area (TPSA) is 117 Å². The highest BCUT2D eigenvalue weighted by Gasteiger charge is 2.28. The Balaban J connectivity index is 1.52. The van der Waals surface area contributed by atoms with E-state index < -0.39 is 17.2 Å². The van der Waals surface area contributed by atoms with Crippen molar-refractivity contribution < 1.29 is 4.79 Å². The molecule has 0 unspecified atom stereocenters. The molecule has 0 spiro atoms. The van der Waals surface area contributed by atoms with Crippen molar-refractivity contribution in [1.29, 1.82) is 0 Å². The zero-order chi connectivity index (χ0) is 20.5. The van der Waals surface area contributed by atoms with Crippen LogP contribution < -0.4 is 16.6 Å². The Kier molecular flexibility index (Phi) is 4.67. The van der Waals surface area contributed by atoms with Crippen molar-refractivity contribution in [2.75, 3.05) is 5.32 Å². The number of benzene rings is 1. The Morgan fingerprint density at radius 3 is 2.79 bits per heavy atom. The van der Waals surface area contributed by atoms with Crippen molar-refractivity contribution in [2.24, 2.45) is 14.1 Å². The lowest BCUT2D eigenvalue weighted by Crippen LogP contribution is -2.37. The first-order valence-electron chi connectivity index (χ1n) is 9.08. The third-order valence-electron chi connectivity index (χ3n) is 4.66. The summed E-state index contributed by atoms with van der Waals surface area (Å²) in [5.74, 6) is 0.257. The molecular formula is C19H19N7O3. The van der Waals surface area contributed by atoms with E-state index in [1.165, 1.54) is 30.0 Å². The SMILES string of the molecule is Cn1cc(/C=C/C(=O)Nc2cccc(-c3nnnn3C3CC3)c2)c(=O)n(C)c1=O. The third kappa shape index (κ3) is 3.77. The number of anilines is 1. The molecule has 10 heteroatoms. The first-order valence-corrected chi connectivity index (χ1v) is 9.08. The second-order valence-corrected chi connectivity index (χ2v) is 6.92. The molecule has 148 valence electrons. The van der Waals surface area contributed by atoms with Crippen molar-refractivity contribution in [3.63, 3.8) is 0 Å². The molecule has 1 saturated carbocycles. The molecule has 0 bridgehead atoms. The molecule has 29 heavy (non-hydrogen) atoms. The predicted molar refractivity (Wildman–Crippen MR) is 106 cm³/mol. The normalized spacial score (nSPS) is 13.7. The second kappa shape index (κ2) is 7.30. The number of nitrogens with one attached hydrogen (secondary N) is 1. The summed E-state index contributed by atoms with van der Waals surface area (Å²) in [6, 6.07) is 7.58. The van der Waals surface area contributed by atoms with Crippen molar-refractivity contribution >= 4 is 17.7 Å². The Bertz CT molecular complexity index is 1230. The molecule has 1 fully saturated rings. The Morgan fingerprint density at radius 1 is 1.24 bits per heavy atom. The first-order chi connectivity index (χ1) is 13.9. The van der Waals surface area contributed by atoms with Crippen molar-refractivity contribution in [2.45, 2.75) is 18.9 Å². The quantitative estimate of drug-likeness (QED) is 0.639. The summed E-state index contributed by atoms with van der Waals surface area (Å²) in [7, 11) is 2.93. The van der Waals surface area contributed by atoms with E-state index >= 15 is 0 Å². The number of carbonyl (C=O) groups excluding carboxylic acids is 1. The van der Waals surface area contributed by atoms with Gasteiger partial charge in [0.05, 0.1) is 11.6 Å². The molecule has 1 aromatic carbocycles. The zero-order valence-corrected chi connectivity index (χ0v) is 15.9. The van der Waals surface area contributed by atoms with Crippen molar-refractivity contribution in [3.05, 3.63) is 62.9 Å². The van der Waals surface area contributed by atoms with Gasteiger partial charge in [0, 0.05) is 37.6 Å². The van der Waals surface area contributed by atoms with E-state index in [1.807, 2.05) is 12.1 Å². The molecule has 0 saturated heterocycles. The van der Waals surface area contributed by atoms with Crippen LogP contribution in [0.3, 0.4) is 0 Å². The van der Waals surface area contributed by atoms with E-state index in [0.29, 0.717) is 17.6 Å². The first kappa shape index (κ1) is 18.5. The van der Waals surface area contributed by atoms with Crippen LogP contribution in [0.25, 0.3) is 17.5 Å². The van der Waals surface area contributed by atoms with Crippen LogP contribution in [0.1, 0.15) is 24.4 Å². The van der Waals surface area contributed by atoms with Crippen LogP contribution in [0.5, 0.6) is 0 Å². The van der Waals surface area contributed by atoms with Crippen molar-refractivity contribution in [1.82, 2.24) is 29.3 Å². The van der Waals surface area contributed by atoms with Crippen LogP contribution in [-0.2, 0) is 18.9 Å². The maximum absolute atomic E-state index is 12.3. The third-order valence-corrected chi connectivity index (χ3v) is 4.66. The van der Waals surface area contributed by atoms with E-state index in [0.717, 1.165) is 23.0 Å². The van der Waals surface area contributed by atoms with Gasteiger partial charge in [0.25, 0.3) is 5.56 Å². The van der Waals surface area contributed by atoms with Gasteiger partial charge in [-0.2, -0.15) is 0 Å². The van der Waals surface area contributed by atoms with Gasteiger partial charge in [-0.05, 0) is 41.5 Å². The number of rotatable bonds is 5. The van der Waals surface area contributed by atoms with E-state index in [9.17, 15) is 14.4 Å². The number of carbonyl (C=O) groups is 1. The van der Waals surface area contributed by atoms with Crippen LogP contribution in [0, 0.1) is 0 Å². The molecular weight excluding hydrogens is 374 g/mol. The number of hydrogen-bond acceptors (Lipinski definition) is 6. The highest BCUT2D eigenvalue weighted by Crippen LogP contribution is 2.36. The van der Waals surface area contributed by atoms with Crippen LogP contribution in [0.2, 0.25) is 0 Å². The van der Waals surface area contributed by atoms with E-state index in [2.05, 4.69) is 20.8 Å². The molecule has 1 aliphatic carbocycles. The number of tetrazole rings is 1. The van der Waals surface area contributed by atoms with Crippen LogP contribution in [0.15, 0.2) is 46.1 Å². The van der Waals surface area contributed by atoms with Gasteiger partial charge < -0.3 is 9.88 Å². The molecule has 2 aromatic heterocycles. The zero-order valence-electron chi connectivity index (χ0n) is 15.9. The maximum atomic E-state index is 12.3. The summed E-state index contributed by atoms with van der Waals surface area (Å²) in [5, 5.41) is 14.6. The largest absolute Gasteiger partial charge is 0.330 e. The lowest BCUT2D eigenvalue weighted by atomic mass is 10.2. The molecule has 3 aromatic rings. The molecule has 1 amide bonds.